The summed E-state index contributed by atoms with van der Waals surface area (Å²) in [6, 6.07) is 3.04. The quantitative estimate of drug-likeness (QED) is 0.751. The van der Waals surface area contributed by atoms with Crippen LogP contribution < -0.4 is 10.5 Å². The fourth-order valence-electron chi connectivity index (χ4n) is 2.63. The fraction of sp³-hybridized carbons (Fsp3) is 0.692. The third-order valence-electron chi connectivity index (χ3n) is 3.66. The van der Waals surface area contributed by atoms with Crippen LogP contribution in [0.2, 0.25) is 0 Å². The lowest BCUT2D eigenvalue weighted by atomic mass is 10.0. The van der Waals surface area contributed by atoms with Crippen molar-refractivity contribution in [3.63, 3.8) is 0 Å². The Bertz CT molecular complexity index is 490. The molecule has 1 saturated carbocycles. The first kappa shape index (κ1) is 14.6. The van der Waals surface area contributed by atoms with Crippen LogP contribution >= 0.6 is 0 Å². The van der Waals surface area contributed by atoms with Crippen LogP contribution in [0.25, 0.3) is 0 Å². The predicted octanol–water partition coefficient (Wildman–Crippen LogP) is 1.99. The molecule has 6 heteroatoms. The summed E-state index contributed by atoms with van der Waals surface area (Å²) in [6.45, 7) is 1.47. The number of nitrogens with one attached hydrogen (secondary N) is 1. The van der Waals surface area contributed by atoms with Crippen molar-refractivity contribution in [1.29, 1.82) is 0 Å². The van der Waals surface area contributed by atoms with E-state index in [0.717, 1.165) is 18.9 Å². The van der Waals surface area contributed by atoms with Gasteiger partial charge in [0, 0.05) is 0 Å². The van der Waals surface area contributed by atoms with E-state index in [2.05, 4.69) is 5.32 Å². The molecule has 1 fully saturated rings. The monoisotopic (exact) mass is 286 g/mol. The predicted molar refractivity (Wildman–Crippen MR) is 73.0 cm³/mol. The lowest BCUT2D eigenvalue weighted by molar-refractivity contribution is 0.398. The van der Waals surface area contributed by atoms with Crippen molar-refractivity contribution in [2.75, 3.05) is 6.54 Å². The van der Waals surface area contributed by atoms with Crippen LogP contribution in [0.4, 0.5) is 0 Å². The second-order valence-electron chi connectivity index (χ2n) is 5.24. The molecule has 0 aliphatic heterocycles. The summed E-state index contributed by atoms with van der Waals surface area (Å²) in [6.07, 6.45) is 7.99. The van der Waals surface area contributed by atoms with E-state index in [1.807, 2.05) is 0 Å². The molecule has 1 heterocycles. The third kappa shape index (κ3) is 4.63. The van der Waals surface area contributed by atoms with Gasteiger partial charge in [0.1, 0.15) is 5.76 Å². The highest BCUT2D eigenvalue weighted by Gasteiger charge is 2.14. The fourth-order valence-corrected chi connectivity index (χ4v) is 3.11. The standard InChI is InChI=1S/C13H22N2O3S/c14-19(16,17)13-8-7-12(18-13)10-15-9-3-6-11-4-1-2-5-11/h7-8,11,15H,1-6,9-10H2,(H2,14,16,17). The number of furan rings is 1. The molecule has 1 aromatic heterocycles. The average Bonchev–Trinajstić information content (AvgIpc) is 2.97. The van der Waals surface area contributed by atoms with Crippen molar-refractivity contribution in [1.82, 2.24) is 5.32 Å². The van der Waals surface area contributed by atoms with Gasteiger partial charge in [-0.15, -0.1) is 0 Å². The van der Waals surface area contributed by atoms with Gasteiger partial charge in [0.15, 0.2) is 0 Å². The first-order valence-electron chi connectivity index (χ1n) is 6.88. The molecule has 1 aliphatic rings. The Hall–Kier alpha value is -0.850. The van der Waals surface area contributed by atoms with E-state index in [1.54, 1.807) is 6.07 Å². The molecule has 108 valence electrons. The molecule has 5 nitrogen and oxygen atoms in total. The molecule has 0 bridgehead atoms. The number of sulfonamides is 1. The van der Waals surface area contributed by atoms with Gasteiger partial charge in [-0.25, -0.2) is 13.6 Å². The van der Waals surface area contributed by atoms with Crippen LogP contribution in [0, 0.1) is 5.92 Å². The van der Waals surface area contributed by atoms with E-state index in [4.69, 9.17) is 9.56 Å². The van der Waals surface area contributed by atoms with E-state index >= 15 is 0 Å². The summed E-state index contributed by atoms with van der Waals surface area (Å²) in [4.78, 5) is 0. The summed E-state index contributed by atoms with van der Waals surface area (Å²) < 4.78 is 27.2. The maximum atomic E-state index is 11.0. The number of nitrogens with two attached hydrogens (primary N) is 1. The highest BCUT2D eigenvalue weighted by Crippen LogP contribution is 2.28. The van der Waals surface area contributed by atoms with Gasteiger partial charge in [-0.3, -0.25) is 0 Å². The van der Waals surface area contributed by atoms with E-state index in [0.29, 0.717) is 12.3 Å². The van der Waals surface area contributed by atoms with E-state index < -0.39 is 10.0 Å². The highest BCUT2D eigenvalue weighted by molar-refractivity contribution is 7.89. The molecule has 0 atom stereocenters. The summed E-state index contributed by atoms with van der Waals surface area (Å²) in [5, 5.41) is 8.06. The number of hydrogen-bond acceptors (Lipinski definition) is 4. The Morgan fingerprint density at radius 1 is 1.32 bits per heavy atom. The first-order valence-corrected chi connectivity index (χ1v) is 8.42. The van der Waals surface area contributed by atoms with Gasteiger partial charge in [-0.05, 0) is 37.4 Å². The molecule has 0 spiro atoms. The average molecular weight is 286 g/mol. The van der Waals surface area contributed by atoms with E-state index in [9.17, 15) is 8.42 Å². The van der Waals surface area contributed by atoms with Gasteiger partial charge in [0.05, 0.1) is 6.54 Å². The molecule has 1 aromatic rings. The Morgan fingerprint density at radius 3 is 2.68 bits per heavy atom. The molecule has 1 aliphatic carbocycles. The summed E-state index contributed by atoms with van der Waals surface area (Å²) in [7, 11) is -3.72. The summed E-state index contributed by atoms with van der Waals surface area (Å²) in [5.41, 5.74) is 0. The Kier molecular flexibility index (Phi) is 5.01. The van der Waals surface area contributed by atoms with Gasteiger partial charge < -0.3 is 9.73 Å². The Morgan fingerprint density at radius 2 is 2.05 bits per heavy atom. The van der Waals surface area contributed by atoms with E-state index in [-0.39, 0.29) is 5.09 Å². The summed E-state index contributed by atoms with van der Waals surface area (Å²) in [5.74, 6) is 1.52. The third-order valence-corrected chi connectivity index (χ3v) is 4.44. The van der Waals surface area contributed by atoms with Crippen LogP contribution in [-0.2, 0) is 16.6 Å². The number of primary sulfonamides is 1. The molecule has 19 heavy (non-hydrogen) atoms. The van der Waals surface area contributed by atoms with Gasteiger partial charge in [-0.1, -0.05) is 25.7 Å². The van der Waals surface area contributed by atoms with Crippen molar-refractivity contribution in [3.05, 3.63) is 17.9 Å². The molecular weight excluding hydrogens is 264 g/mol. The smallest absolute Gasteiger partial charge is 0.271 e. The van der Waals surface area contributed by atoms with Gasteiger partial charge >= 0.3 is 0 Å². The first-order chi connectivity index (χ1) is 9.05. The van der Waals surface area contributed by atoms with Crippen molar-refractivity contribution >= 4 is 10.0 Å². The van der Waals surface area contributed by atoms with Gasteiger partial charge in [0.25, 0.3) is 10.0 Å². The number of hydrogen-bond donors (Lipinski definition) is 2. The van der Waals surface area contributed by atoms with Crippen molar-refractivity contribution in [2.45, 2.75) is 50.2 Å². The molecule has 0 unspecified atom stereocenters. The minimum absolute atomic E-state index is 0.171. The van der Waals surface area contributed by atoms with Crippen LogP contribution in [0.5, 0.6) is 0 Å². The lowest BCUT2D eigenvalue weighted by Crippen LogP contribution is -2.15. The zero-order valence-corrected chi connectivity index (χ0v) is 11.9. The Balaban J connectivity index is 1.64. The molecule has 0 radical (unpaired) electrons. The maximum Gasteiger partial charge on any atom is 0.271 e. The minimum atomic E-state index is -3.72. The second-order valence-corrected chi connectivity index (χ2v) is 6.73. The van der Waals surface area contributed by atoms with Crippen LogP contribution in [0.1, 0.15) is 44.3 Å². The van der Waals surface area contributed by atoms with Crippen LogP contribution in [0.3, 0.4) is 0 Å². The topological polar surface area (TPSA) is 85.3 Å². The minimum Gasteiger partial charge on any atom is -0.447 e. The van der Waals surface area contributed by atoms with Crippen LogP contribution in [-0.4, -0.2) is 15.0 Å². The number of rotatable bonds is 7. The largest absolute Gasteiger partial charge is 0.447 e. The molecule has 0 saturated heterocycles. The second kappa shape index (κ2) is 6.54. The van der Waals surface area contributed by atoms with Crippen molar-refractivity contribution in [3.8, 4) is 0 Å². The molecular formula is C13H22N2O3S. The van der Waals surface area contributed by atoms with Gasteiger partial charge in [-0.2, -0.15) is 0 Å². The zero-order valence-electron chi connectivity index (χ0n) is 11.1. The van der Waals surface area contributed by atoms with Crippen molar-refractivity contribution in [2.24, 2.45) is 11.1 Å². The molecule has 2 rings (SSSR count). The van der Waals surface area contributed by atoms with Gasteiger partial charge in [0.2, 0.25) is 5.09 Å². The Labute approximate surface area is 114 Å². The summed E-state index contributed by atoms with van der Waals surface area (Å²) >= 11 is 0. The maximum absolute atomic E-state index is 11.0. The normalized spacial score (nSPS) is 17.1. The molecule has 0 aromatic carbocycles. The lowest BCUT2D eigenvalue weighted by Gasteiger charge is -2.08. The SMILES string of the molecule is NS(=O)(=O)c1ccc(CNCCCC2CCCC2)o1. The van der Waals surface area contributed by atoms with Crippen LogP contribution in [0.15, 0.2) is 21.6 Å². The molecule has 3 N–H and O–H groups in total. The molecule has 0 amide bonds. The van der Waals surface area contributed by atoms with Crippen molar-refractivity contribution < 1.29 is 12.8 Å². The zero-order chi connectivity index (χ0) is 13.7. The highest BCUT2D eigenvalue weighted by atomic mass is 32.2. The van der Waals surface area contributed by atoms with E-state index in [1.165, 1.54) is 38.2 Å².